The molecule has 3 nitrogen and oxygen atoms in total. The van der Waals surface area contributed by atoms with E-state index in [0.29, 0.717) is 19.3 Å². The normalized spacial score (nSPS) is 16.8. The average Bonchev–Trinajstić information content (AvgIpc) is 2.34. The number of hydrogen-bond donors (Lipinski definition) is 0. The second-order valence-electron chi connectivity index (χ2n) is 2.93. The molecule has 0 aliphatic carbocycles. The molecule has 0 spiro atoms. The Hall–Kier alpha value is 0.534. The Kier molecular flexibility index (Phi) is 9.70. The van der Waals surface area contributed by atoms with Gasteiger partial charge in [-0.05, 0) is 13.8 Å². The van der Waals surface area contributed by atoms with Gasteiger partial charge in [-0.15, -0.1) is 0 Å². The van der Waals surface area contributed by atoms with E-state index in [1.54, 1.807) is 4.90 Å². The van der Waals surface area contributed by atoms with E-state index in [9.17, 15) is 4.79 Å². The molecule has 1 saturated heterocycles. The van der Waals surface area contributed by atoms with E-state index in [0.717, 1.165) is 0 Å². The van der Waals surface area contributed by atoms with Crippen molar-refractivity contribution in [2.45, 2.75) is 33.7 Å². The SMILES string of the molecule is CC.[CH2-]N1CC(=O)N(C(C)C)C1.[Y]. The zero-order chi connectivity index (χ0) is 9.72. The minimum absolute atomic E-state index is 0. The molecule has 0 unspecified atom stereocenters. The fraction of sp³-hybridized carbons (Fsp3) is 0.778. The van der Waals surface area contributed by atoms with Crippen LogP contribution in [0.25, 0.3) is 0 Å². The summed E-state index contributed by atoms with van der Waals surface area (Å²) in [6.07, 6.45) is 0. The average molecular weight is 260 g/mol. The molecule has 1 aliphatic rings. The van der Waals surface area contributed by atoms with E-state index < -0.39 is 0 Å². The number of carbonyl (C=O) groups excluding carboxylic acids is 1. The Morgan fingerprint density at radius 1 is 1.38 bits per heavy atom. The van der Waals surface area contributed by atoms with Crippen LogP contribution in [0.3, 0.4) is 0 Å². The van der Waals surface area contributed by atoms with Gasteiger partial charge in [0.05, 0.1) is 6.54 Å². The molecule has 1 amide bonds. The van der Waals surface area contributed by atoms with Crippen molar-refractivity contribution in [3.8, 4) is 0 Å². The van der Waals surface area contributed by atoms with Crippen molar-refractivity contribution < 1.29 is 37.5 Å². The zero-order valence-corrected chi connectivity index (χ0v) is 11.9. The van der Waals surface area contributed by atoms with Gasteiger partial charge in [0.15, 0.2) is 0 Å². The first-order valence-corrected chi connectivity index (χ1v) is 4.46. The third-order valence-electron chi connectivity index (χ3n) is 1.65. The second kappa shape index (κ2) is 7.89. The summed E-state index contributed by atoms with van der Waals surface area (Å²) in [6, 6.07) is 0.305. The van der Waals surface area contributed by atoms with Crippen LogP contribution in [0.2, 0.25) is 0 Å². The topological polar surface area (TPSA) is 23.6 Å². The van der Waals surface area contributed by atoms with Crippen LogP contribution in [0.15, 0.2) is 0 Å². The van der Waals surface area contributed by atoms with E-state index in [2.05, 4.69) is 7.05 Å². The van der Waals surface area contributed by atoms with Crippen LogP contribution >= 0.6 is 0 Å². The van der Waals surface area contributed by atoms with Crippen LogP contribution in [0.1, 0.15) is 27.7 Å². The standard InChI is InChI=1S/C7H13N2O.C2H6.Y/c1-6(2)9-5-8(3)4-7(9)10;1-2;/h6H,3-5H2,1-2H3;1-2H3;/q-1;;. The van der Waals surface area contributed by atoms with Gasteiger partial charge in [-0.3, -0.25) is 11.8 Å². The third-order valence-corrected chi connectivity index (χ3v) is 1.65. The van der Waals surface area contributed by atoms with Crippen molar-refractivity contribution in [3.05, 3.63) is 7.05 Å². The van der Waals surface area contributed by atoms with Crippen molar-refractivity contribution in [3.63, 3.8) is 0 Å². The molecule has 1 aliphatic heterocycles. The Bertz CT molecular complexity index is 151. The Balaban J connectivity index is 0. The molecule has 1 fully saturated rings. The van der Waals surface area contributed by atoms with Gasteiger partial charge in [0.2, 0.25) is 5.91 Å². The molecule has 0 aromatic carbocycles. The summed E-state index contributed by atoms with van der Waals surface area (Å²) in [5, 5.41) is 0. The molecule has 0 aromatic rings. The monoisotopic (exact) mass is 260 g/mol. The van der Waals surface area contributed by atoms with E-state index in [-0.39, 0.29) is 38.6 Å². The summed E-state index contributed by atoms with van der Waals surface area (Å²) < 4.78 is 0. The molecule has 0 saturated carbocycles. The van der Waals surface area contributed by atoms with Crippen LogP contribution < -0.4 is 0 Å². The molecule has 4 heteroatoms. The van der Waals surface area contributed by atoms with Gasteiger partial charge in [0.1, 0.15) is 0 Å². The maximum atomic E-state index is 11.1. The molecule has 75 valence electrons. The number of rotatable bonds is 1. The fourth-order valence-corrected chi connectivity index (χ4v) is 1.08. The van der Waals surface area contributed by atoms with Crippen molar-refractivity contribution in [2.24, 2.45) is 0 Å². The molecular weight excluding hydrogens is 241 g/mol. The summed E-state index contributed by atoms with van der Waals surface area (Å²) in [6.45, 7) is 9.17. The number of hydrogen-bond acceptors (Lipinski definition) is 2. The van der Waals surface area contributed by atoms with Crippen molar-refractivity contribution in [1.29, 1.82) is 0 Å². The molecule has 0 bridgehead atoms. The summed E-state index contributed by atoms with van der Waals surface area (Å²) in [7, 11) is 3.69. The molecule has 1 radical (unpaired) electrons. The van der Waals surface area contributed by atoms with Crippen molar-refractivity contribution in [1.82, 2.24) is 9.80 Å². The molecule has 13 heavy (non-hydrogen) atoms. The van der Waals surface area contributed by atoms with Gasteiger partial charge in [-0.25, -0.2) is 0 Å². The van der Waals surface area contributed by atoms with Gasteiger partial charge < -0.3 is 9.80 Å². The van der Waals surface area contributed by atoms with Crippen LogP contribution in [-0.2, 0) is 37.5 Å². The maximum absolute atomic E-state index is 11.1. The molecule has 0 N–H and O–H groups in total. The number of carbonyl (C=O) groups is 1. The van der Waals surface area contributed by atoms with Crippen LogP contribution in [0.4, 0.5) is 0 Å². The van der Waals surface area contributed by atoms with Crippen LogP contribution in [-0.4, -0.2) is 35.0 Å². The largest absolute Gasteiger partial charge is 0.435 e. The third kappa shape index (κ3) is 5.09. The summed E-state index contributed by atoms with van der Waals surface area (Å²) in [5.74, 6) is 0.185. The molecule has 0 atom stereocenters. The minimum Gasteiger partial charge on any atom is -0.435 e. The van der Waals surface area contributed by atoms with E-state index in [1.807, 2.05) is 32.6 Å². The summed E-state index contributed by atoms with van der Waals surface area (Å²) in [5.41, 5.74) is 0. The first-order valence-electron chi connectivity index (χ1n) is 4.46. The van der Waals surface area contributed by atoms with E-state index in [1.165, 1.54) is 0 Å². The van der Waals surface area contributed by atoms with Gasteiger partial charge in [-0.1, -0.05) is 13.8 Å². The summed E-state index contributed by atoms with van der Waals surface area (Å²) >= 11 is 0. The second-order valence-corrected chi connectivity index (χ2v) is 2.93. The molecule has 0 aromatic heterocycles. The minimum atomic E-state index is 0. The van der Waals surface area contributed by atoms with Crippen LogP contribution in [0, 0.1) is 7.05 Å². The summed E-state index contributed by atoms with van der Waals surface area (Å²) in [4.78, 5) is 14.6. The zero-order valence-electron chi connectivity index (χ0n) is 9.08. The Morgan fingerprint density at radius 2 is 1.85 bits per heavy atom. The number of amides is 1. The first-order chi connectivity index (χ1) is 5.61. The van der Waals surface area contributed by atoms with Crippen molar-refractivity contribution >= 4 is 5.91 Å². The first kappa shape index (κ1) is 16.0. The molecule has 1 rings (SSSR count). The maximum Gasteiger partial charge on any atom is 0.235 e. The van der Waals surface area contributed by atoms with Gasteiger partial charge in [0, 0.05) is 45.4 Å². The van der Waals surface area contributed by atoms with E-state index in [4.69, 9.17) is 0 Å². The fourth-order valence-electron chi connectivity index (χ4n) is 1.08. The Labute approximate surface area is 107 Å². The quantitative estimate of drug-likeness (QED) is 0.664. The van der Waals surface area contributed by atoms with Crippen LogP contribution in [0.5, 0.6) is 0 Å². The van der Waals surface area contributed by atoms with Gasteiger partial charge >= 0.3 is 0 Å². The molecular formula is C9H19N2OY-. The molecule has 1 heterocycles. The predicted octanol–water partition coefficient (Wildman–Crippen LogP) is 1.31. The smallest absolute Gasteiger partial charge is 0.235 e. The van der Waals surface area contributed by atoms with Crippen molar-refractivity contribution in [2.75, 3.05) is 13.2 Å². The number of nitrogens with zero attached hydrogens (tertiary/aromatic N) is 2. The predicted molar refractivity (Wildman–Crippen MR) is 50.3 cm³/mol. The van der Waals surface area contributed by atoms with Gasteiger partial charge in [-0.2, -0.15) is 0 Å². The van der Waals surface area contributed by atoms with E-state index >= 15 is 0 Å². The van der Waals surface area contributed by atoms with Gasteiger partial charge in [0.25, 0.3) is 0 Å². The Morgan fingerprint density at radius 3 is 2.00 bits per heavy atom.